The Hall–Kier alpha value is -1.71. The van der Waals surface area contributed by atoms with Crippen LogP contribution < -0.4 is 5.73 Å². The third kappa shape index (κ3) is 3.88. The standard InChI is InChI=1S/C14H12Cl2N2O/c15-11-5-9(6-12(16)7-11)8-18-14(17)10-1-3-13(19)4-2-10/h1-7,19H,8H2,(H2,17,18). The zero-order valence-corrected chi connectivity index (χ0v) is 11.5. The van der Waals surface area contributed by atoms with Crippen LogP contribution in [0.5, 0.6) is 5.75 Å². The van der Waals surface area contributed by atoms with Gasteiger partial charge in [-0.25, -0.2) is 0 Å². The molecule has 0 fully saturated rings. The Labute approximate surface area is 121 Å². The Morgan fingerprint density at radius 2 is 1.63 bits per heavy atom. The summed E-state index contributed by atoms with van der Waals surface area (Å²) in [6.07, 6.45) is 0. The van der Waals surface area contributed by atoms with E-state index >= 15 is 0 Å². The van der Waals surface area contributed by atoms with E-state index < -0.39 is 0 Å². The number of phenols is 1. The van der Waals surface area contributed by atoms with Gasteiger partial charge in [-0.15, -0.1) is 0 Å². The molecule has 3 nitrogen and oxygen atoms in total. The second-order valence-electron chi connectivity index (χ2n) is 4.03. The lowest BCUT2D eigenvalue weighted by atomic mass is 10.2. The van der Waals surface area contributed by atoms with Crippen molar-refractivity contribution < 1.29 is 5.11 Å². The Balaban J connectivity index is 2.15. The molecule has 2 aromatic carbocycles. The topological polar surface area (TPSA) is 58.6 Å². The maximum Gasteiger partial charge on any atom is 0.125 e. The molecule has 0 bridgehead atoms. The minimum Gasteiger partial charge on any atom is -0.508 e. The van der Waals surface area contributed by atoms with E-state index in [-0.39, 0.29) is 5.75 Å². The summed E-state index contributed by atoms with van der Waals surface area (Å²) in [5.41, 5.74) is 7.52. The van der Waals surface area contributed by atoms with Crippen LogP contribution in [0.4, 0.5) is 0 Å². The highest BCUT2D eigenvalue weighted by atomic mass is 35.5. The van der Waals surface area contributed by atoms with Crippen molar-refractivity contribution in [1.29, 1.82) is 0 Å². The second kappa shape index (κ2) is 5.95. The van der Waals surface area contributed by atoms with Gasteiger partial charge in [0.25, 0.3) is 0 Å². The molecule has 0 saturated carbocycles. The van der Waals surface area contributed by atoms with Gasteiger partial charge in [0.15, 0.2) is 0 Å². The predicted molar refractivity (Wildman–Crippen MR) is 79.0 cm³/mol. The summed E-state index contributed by atoms with van der Waals surface area (Å²) in [5.74, 6) is 0.592. The van der Waals surface area contributed by atoms with E-state index in [0.29, 0.717) is 22.4 Å². The van der Waals surface area contributed by atoms with Crippen LogP contribution in [0.2, 0.25) is 10.0 Å². The molecule has 98 valence electrons. The number of aliphatic imine (C=N–C) groups is 1. The normalized spacial score (nSPS) is 11.6. The number of amidine groups is 1. The Morgan fingerprint density at radius 3 is 2.21 bits per heavy atom. The molecule has 0 spiro atoms. The van der Waals surface area contributed by atoms with Crippen molar-refractivity contribution >= 4 is 29.0 Å². The van der Waals surface area contributed by atoms with E-state index in [9.17, 15) is 5.11 Å². The Kier molecular flexibility index (Phi) is 4.30. The van der Waals surface area contributed by atoms with E-state index in [1.165, 1.54) is 0 Å². The van der Waals surface area contributed by atoms with Crippen molar-refractivity contribution in [3.8, 4) is 5.75 Å². The monoisotopic (exact) mass is 294 g/mol. The fraction of sp³-hybridized carbons (Fsp3) is 0.0714. The number of benzene rings is 2. The van der Waals surface area contributed by atoms with Gasteiger partial charge in [-0.2, -0.15) is 0 Å². The molecule has 0 amide bonds. The van der Waals surface area contributed by atoms with Gasteiger partial charge in [0.2, 0.25) is 0 Å². The van der Waals surface area contributed by atoms with Gasteiger partial charge < -0.3 is 10.8 Å². The molecule has 5 heteroatoms. The highest BCUT2D eigenvalue weighted by Crippen LogP contribution is 2.19. The lowest BCUT2D eigenvalue weighted by Crippen LogP contribution is -2.13. The van der Waals surface area contributed by atoms with Gasteiger partial charge in [0.05, 0.1) is 6.54 Å². The quantitative estimate of drug-likeness (QED) is 0.671. The molecule has 0 radical (unpaired) electrons. The SMILES string of the molecule is NC(=NCc1cc(Cl)cc(Cl)c1)c1ccc(O)cc1. The second-order valence-corrected chi connectivity index (χ2v) is 4.90. The van der Waals surface area contributed by atoms with Gasteiger partial charge in [-0.05, 0) is 48.0 Å². The van der Waals surface area contributed by atoms with Crippen molar-refractivity contribution in [1.82, 2.24) is 0 Å². The number of hydrogen-bond donors (Lipinski definition) is 2. The van der Waals surface area contributed by atoms with Gasteiger partial charge in [-0.1, -0.05) is 23.2 Å². The maximum atomic E-state index is 9.20. The summed E-state index contributed by atoms with van der Waals surface area (Å²) in [7, 11) is 0. The van der Waals surface area contributed by atoms with Crippen molar-refractivity contribution in [3.63, 3.8) is 0 Å². The first-order valence-electron chi connectivity index (χ1n) is 5.59. The summed E-state index contributed by atoms with van der Waals surface area (Å²) in [6, 6.07) is 11.8. The molecule has 0 aliphatic heterocycles. The number of nitrogens with zero attached hydrogens (tertiary/aromatic N) is 1. The number of hydrogen-bond acceptors (Lipinski definition) is 2. The molecule has 2 rings (SSSR count). The number of phenolic OH excluding ortho intramolecular Hbond substituents is 1. The van der Waals surface area contributed by atoms with E-state index in [2.05, 4.69) is 4.99 Å². The lowest BCUT2D eigenvalue weighted by Gasteiger charge is -2.03. The van der Waals surface area contributed by atoms with Crippen molar-refractivity contribution in [2.45, 2.75) is 6.54 Å². The molecule has 0 heterocycles. The number of nitrogens with two attached hydrogens (primary N) is 1. The Morgan fingerprint density at radius 1 is 1.05 bits per heavy atom. The van der Waals surface area contributed by atoms with E-state index in [4.69, 9.17) is 28.9 Å². The van der Waals surface area contributed by atoms with Crippen LogP contribution in [-0.4, -0.2) is 10.9 Å². The minimum absolute atomic E-state index is 0.193. The summed E-state index contributed by atoms with van der Waals surface area (Å²) in [5, 5.41) is 10.3. The average Bonchev–Trinajstić information content (AvgIpc) is 2.36. The van der Waals surface area contributed by atoms with Crippen LogP contribution in [0, 0.1) is 0 Å². The lowest BCUT2D eigenvalue weighted by molar-refractivity contribution is 0.475. The first kappa shape index (κ1) is 13.7. The maximum absolute atomic E-state index is 9.20. The van der Waals surface area contributed by atoms with Gasteiger partial charge >= 0.3 is 0 Å². The highest BCUT2D eigenvalue weighted by Gasteiger charge is 2.00. The average molecular weight is 295 g/mol. The molecular formula is C14H12Cl2N2O. The summed E-state index contributed by atoms with van der Waals surface area (Å²) in [6.45, 7) is 0.396. The van der Waals surface area contributed by atoms with Gasteiger partial charge in [0.1, 0.15) is 11.6 Å². The van der Waals surface area contributed by atoms with Crippen LogP contribution in [0.25, 0.3) is 0 Å². The molecule has 3 N–H and O–H groups in total. The van der Waals surface area contributed by atoms with Crippen LogP contribution >= 0.6 is 23.2 Å². The van der Waals surface area contributed by atoms with E-state index in [1.54, 1.807) is 42.5 Å². The van der Waals surface area contributed by atoms with E-state index in [1.807, 2.05) is 0 Å². The molecule has 0 unspecified atom stereocenters. The summed E-state index contributed by atoms with van der Waals surface area (Å²) < 4.78 is 0. The van der Waals surface area contributed by atoms with Crippen LogP contribution in [0.3, 0.4) is 0 Å². The fourth-order valence-corrected chi connectivity index (χ4v) is 2.17. The zero-order valence-electron chi connectivity index (χ0n) is 9.98. The van der Waals surface area contributed by atoms with Gasteiger partial charge in [-0.3, -0.25) is 4.99 Å². The van der Waals surface area contributed by atoms with Crippen LogP contribution in [0.1, 0.15) is 11.1 Å². The molecule has 0 aliphatic rings. The van der Waals surface area contributed by atoms with E-state index in [0.717, 1.165) is 11.1 Å². The largest absolute Gasteiger partial charge is 0.508 e. The van der Waals surface area contributed by atoms with Gasteiger partial charge in [0, 0.05) is 15.6 Å². The number of halogens is 2. The molecule has 0 aromatic heterocycles. The smallest absolute Gasteiger partial charge is 0.125 e. The molecular weight excluding hydrogens is 283 g/mol. The molecule has 2 aromatic rings. The van der Waals surface area contributed by atoms with Crippen LogP contribution in [-0.2, 0) is 6.54 Å². The molecule has 19 heavy (non-hydrogen) atoms. The summed E-state index contributed by atoms with van der Waals surface area (Å²) in [4.78, 5) is 4.27. The highest BCUT2D eigenvalue weighted by molar-refractivity contribution is 6.34. The fourth-order valence-electron chi connectivity index (χ4n) is 1.60. The zero-order chi connectivity index (χ0) is 13.8. The minimum atomic E-state index is 0.193. The number of aromatic hydroxyl groups is 1. The predicted octanol–water partition coefficient (Wildman–Crippen LogP) is 3.60. The molecule has 0 saturated heterocycles. The third-order valence-corrected chi connectivity index (χ3v) is 2.95. The first-order valence-corrected chi connectivity index (χ1v) is 6.34. The molecule has 0 atom stereocenters. The van der Waals surface area contributed by atoms with Crippen molar-refractivity contribution in [2.75, 3.05) is 0 Å². The number of rotatable bonds is 3. The Bertz CT molecular complexity index is 589. The third-order valence-electron chi connectivity index (χ3n) is 2.52. The van der Waals surface area contributed by atoms with Crippen molar-refractivity contribution in [3.05, 3.63) is 63.6 Å². The first-order chi connectivity index (χ1) is 9.04. The van der Waals surface area contributed by atoms with Crippen LogP contribution in [0.15, 0.2) is 47.5 Å². The van der Waals surface area contributed by atoms with Crippen molar-refractivity contribution in [2.24, 2.45) is 10.7 Å². The molecule has 0 aliphatic carbocycles. The summed E-state index contributed by atoms with van der Waals surface area (Å²) >= 11 is 11.8.